The average molecular weight is 800 g/mol. The number of nitrogens with one attached hydrogen (secondary N) is 4. The number of nitrogens with zero attached hydrogens (tertiary/aromatic N) is 2. The van der Waals surface area contributed by atoms with Gasteiger partial charge in [0.1, 0.15) is 5.75 Å². The van der Waals surface area contributed by atoms with Gasteiger partial charge in [-0.1, -0.05) is 43.7 Å². The van der Waals surface area contributed by atoms with E-state index in [4.69, 9.17) is 10.5 Å². The molecule has 0 radical (unpaired) electrons. The van der Waals surface area contributed by atoms with Crippen LogP contribution in [0.2, 0.25) is 0 Å². The molecular weight excluding hydrogens is 747 g/mol. The maximum atomic E-state index is 13.4. The first-order valence-electron chi connectivity index (χ1n) is 18.3. The highest BCUT2D eigenvalue weighted by Gasteiger charge is 2.28. The Hall–Kier alpha value is -5.36. The Morgan fingerprint density at radius 1 is 0.857 bits per heavy atom. The number of hydrogen-bond acceptors (Lipinski definition) is 12. The van der Waals surface area contributed by atoms with Gasteiger partial charge in [-0.15, -0.1) is 0 Å². The van der Waals surface area contributed by atoms with Crippen molar-refractivity contribution in [2.24, 2.45) is 17.6 Å². The van der Waals surface area contributed by atoms with Crippen LogP contribution in [0.3, 0.4) is 0 Å². The average Bonchev–Trinajstić information content (AvgIpc) is 3.16. The lowest BCUT2D eigenvalue weighted by atomic mass is 9.92. The summed E-state index contributed by atoms with van der Waals surface area (Å²) in [4.78, 5) is 100. The zero-order valence-electron chi connectivity index (χ0n) is 32.2. The third kappa shape index (κ3) is 17.0. The van der Waals surface area contributed by atoms with E-state index in [1.165, 1.54) is 57.0 Å². The summed E-state index contributed by atoms with van der Waals surface area (Å²) in [5.74, 6) is -4.01. The van der Waals surface area contributed by atoms with Gasteiger partial charge in [-0.3, -0.25) is 38.9 Å². The number of amides is 5. The summed E-state index contributed by atoms with van der Waals surface area (Å²) in [5.41, 5.74) is 6.83. The third-order valence-electron chi connectivity index (χ3n) is 8.79. The molecule has 2 aromatic rings. The molecule has 0 fully saturated rings. The Morgan fingerprint density at radius 2 is 1.50 bits per heavy atom. The van der Waals surface area contributed by atoms with Crippen molar-refractivity contribution in [2.45, 2.75) is 77.4 Å². The highest BCUT2D eigenvalue weighted by atomic mass is 32.1. The predicted octanol–water partition coefficient (Wildman–Crippen LogP) is 2.11. The fraction of sp³-hybridized carbons (Fsp3) is 0.500. The van der Waals surface area contributed by atoms with E-state index in [2.05, 4.69) is 33.9 Å². The van der Waals surface area contributed by atoms with Gasteiger partial charge in [0.05, 0.1) is 23.0 Å². The fourth-order valence-corrected chi connectivity index (χ4v) is 5.70. The van der Waals surface area contributed by atoms with Crippen molar-refractivity contribution in [2.75, 3.05) is 32.4 Å². The molecule has 0 aliphatic rings. The monoisotopic (exact) mass is 799 g/mol. The van der Waals surface area contributed by atoms with Gasteiger partial charge in [-0.2, -0.15) is 12.6 Å². The third-order valence-corrected chi connectivity index (χ3v) is 9.15. The lowest BCUT2D eigenvalue weighted by Crippen LogP contribution is -2.45. The Morgan fingerprint density at radius 3 is 2.11 bits per heavy atom. The van der Waals surface area contributed by atoms with Crippen LogP contribution in [0.5, 0.6) is 5.75 Å². The van der Waals surface area contributed by atoms with Crippen molar-refractivity contribution >= 4 is 59.6 Å². The van der Waals surface area contributed by atoms with Gasteiger partial charge in [0.15, 0.2) is 11.6 Å². The number of thiol groups is 1. The molecule has 5 atom stereocenters. The van der Waals surface area contributed by atoms with Gasteiger partial charge >= 0.3 is 6.09 Å². The minimum atomic E-state index is -0.989. The maximum absolute atomic E-state index is 13.4. The molecule has 0 heterocycles. The molecule has 0 saturated heterocycles. The van der Waals surface area contributed by atoms with Crippen LogP contribution in [0, 0.1) is 22.0 Å². The van der Waals surface area contributed by atoms with E-state index in [0.717, 1.165) is 5.56 Å². The molecule has 2 aromatic carbocycles. The van der Waals surface area contributed by atoms with Crippen LogP contribution in [0.15, 0.2) is 54.6 Å². The molecule has 56 heavy (non-hydrogen) atoms. The number of ether oxygens (including phenoxy) is 1. The first-order chi connectivity index (χ1) is 26.5. The topological polar surface area (TPSA) is 249 Å². The van der Waals surface area contributed by atoms with Crippen molar-refractivity contribution in [3.63, 3.8) is 0 Å². The van der Waals surface area contributed by atoms with Gasteiger partial charge in [0, 0.05) is 76.2 Å². The minimum Gasteiger partial charge on any atom is -0.410 e. The molecule has 5 amide bonds. The number of carbonyl (C=O) groups excluding carboxylic acids is 7. The number of ketones is 2. The van der Waals surface area contributed by atoms with Crippen LogP contribution in [-0.4, -0.2) is 102 Å². The van der Waals surface area contributed by atoms with Crippen LogP contribution in [-0.2, 0) is 35.2 Å². The van der Waals surface area contributed by atoms with E-state index >= 15 is 0 Å². The zero-order chi connectivity index (χ0) is 41.8. The van der Waals surface area contributed by atoms with E-state index in [-0.39, 0.29) is 61.2 Å². The van der Waals surface area contributed by atoms with Crippen LogP contribution >= 0.6 is 12.6 Å². The van der Waals surface area contributed by atoms with Gasteiger partial charge in [-0.05, 0) is 43.9 Å². The molecular formula is C38H53N7O10S. The molecule has 306 valence electrons. The molecule has 0 aliphatic heterocycles. The first-order valence-corrected chi connectivity index (χ1v) is 18.9. The summed E-state index contributed by atoms with van der Waals surface area (Å²) in [7, 11) is 1.44. The van der Waals surface area contributed by atoms with E-state index < -0.39 is 64.5 Å². The number of non-ortho nitro benzene ring substituents is 1. The fourth-order valence-electron chi connectivity index (χ4n) is 5.41. The number of carbonyl (C=O) groups is 7. The molecule has 0 aliphatic carbocycles. The number of unbranched alkanes of at least 4 members (excludes halogenated alkanes) is 1. The second-order valence-electron chi connectivity index (χ2n) is 13.5. The molecule has 0 saturated carbocycles. The van der Waals surface area contributed by atoms with Crippen LogP contribution in [0.1, 0.15) is 58.4 Å². The Labute approximate surface area is 331 Å². The highest BCUT2D eigenvalue weighted by molar-refractivity contribution is 7.80. The maximum Gasteiger partial charge on any atom is 0.415 e. The van der Waals surface area contributed by atoms with E-state index in [1.807, 2.05) is 30.3 Å². The number of hydrogen-bond donors (Lipinski definition) is 6. The quantitative estimate of drug-likeness (QED) is 0.0388. The molecule has 0 spiro atoms. The molecule has 0 aromatic heterocycles. The second kappa shape index (κ2) is 24.2. The number of nitro benzene ring substituents is 1. The summed E-state index contributed by atoms with van der Waals surface area (Å²) in [6.07, 6.45) is 0.412. The SMILES string of the molecule is CC(=O)NC(CS)C(=O)CC(C)C(=O)NC(C)C(=O)CC(CCCCNC(=O)C(N)Cc1ccccc1)C(=O)NCCN(C)C(=O)Oc1ccc([N+](=O)[O-])cc1. The van der Waals surface area contributed by atoms with Crippen LogP contribution in [0.4, 0.5) is 10.5 Å². The standard InChI is InChI=1S/C38H53N7O10S/c1-24(20-34(48)32(23-56)43-26(3)46)35(49)42-25(2)33(47)22-28(12-8-9-17-40-37(51)31(39)21-27-10-6-5-7-11-27)36(50)41-18-19-44(4)38(52)55-30-15-13-29(14-16-30)45(53)54/h5-7,10-11,13-16,24-25,28,31-32,56H,8-9,12,17-23,39H2,1-4H3,(H,40,51)(H,41,50)(H,42,49)(H,43,46). The van der Waals surface area contributed by atoms with Crippen molar-refractivity contribution < 1.29 is 43.2 Å². The Bertz CT molecular complexity index is 1660. The summed E-state index contributed by atoms with van der Waals surface area (Å²) in [6, 6.07) is 11.7. The number of rotatable bonds is 24. The van der Waals surface area contributed by atoms with Gasteiger partial charge in [0.25, 0.3) is 5.69 Å². The number of nitro groups is 1. The largest absolute Gasteiger partial charge is 0.415 e. The Balaban J connectivity index is 1.97. The summed E-state index contributed by atoms with van der Waals surface area (Å²) < 4.78 is 5.23. The van der Waals surface area contributed by atoms with Crippen molar-refractivity contribution in [1.29, 1.82) is 0 Å². The molecule has 2 rings (SSSR count). The number of Topliss-reactive ketones (excluding diaryl/α,β-unsaturated/α-hetero) is 2. The number of likely N-dealkylation sites (N-methyl/N-ethyl adjacent to an activating group) is 1. The molecule has 0 bridgehead atoms. The van der Waals surface area contributed by atoms with Crippen LogP contribution < -0.4 is 31.7 Å². The summed E-state index contributed by atoms with van der Waals surface area (Å²) in [5, 5.41) is 21.5. The first kappa shape index (κ1) is 46.8. The van der Waals surface area contributed by atoms with E-state index in [0.29, 0.717) is 25.8 Å². The highest BCUT2D eigenvalue weighted by Crippen LogP contribution is 2.19. The van der Waals surface area contributed by atoms with Crippen molar-refractivity contribution in [1.82, 2.24) is 26.2 Å². The smallest absolute Gasteiger partial charge is 0.410 e. The van der Waals surface area contributed by atoms with Gasteiger partial charge in [-0.25, -0.2) is 4.79 Å². The van der Waals surface area contributed by atoms with Crippen LogP contribution in [0.25, 0.3) is 0 Å². The van der Waals surface area contributed by atoms with Crippen molar-refractivity contribution in [3.8, 4) is 5.75 Å². The Kier molecular flexibility index (Phi) is 20.2. The molecule has 5 unspecified atom stereocenters. The molecule has 17 nitrogen and oxygen atoms in total. The predicted molar refractivity (Wildman–Crippen MR) is 211 cm³/mol. The lowest BCUT2D eigenvalue weighted by molar-refractivity contribution is -0.384. The minimum absolute atomic E-state index is 0.00828. The van der Waals surface area contributed by atoms with Gasteiger partial charge < -0.3 is 36.6 Å². The molecule has 6 N–H and O–H groups in total. The number of nitrogens with two attached hydrogens (primary N) is 1. The lowest BCUT2D eigenvalue weighted by Gasteiger charge is -2.22. The van der Waals surface area contributed by atoms with E-state index in [1.54, 1.807) is 0 Å². The normalized spacial score (nSPS) is 13.5. The van der Waals surface area contributed by atoms with E-state index in [9.17, 15) is 43.7 Å². The van der Waals surface area contributed by atoms with Gasteiger partial charge in [0.2, 0.25) is 23.6 Å². The summed E-state index contributed by atoms with van der Waals surface area (Å²) in [6.45, 7) is 4.61. The van der Waals surface area contributed by atoms with Crippen molar-refractivity contribution in [3.05, 3.63) is 70.3 Å². The number of benzene rings is 2. The second-order valence-corrected chi connectivity index (χ2v) is 13.9. The zero-order valence-corrected chi connectivity index (χ0v) is 33.0. The summed E-state index contributed by atoms with van der Waals surface area (Å²) >= 11 is 4.09. The molecule has 18 heteroatoms.